The molecule has 0 saturated heterocycles. The predicted octanol–water partition coefficient (Wildman–Crippen LogP) is 15.3. The van der Waals surface area contributed by atoms with Gasteiger partial charge in [-0.3, -0.25) is 0 Å². The minimum absolute atomic E-state index is 1.17. The van der Waals surface area contributed by atoms with Crippen LogP contribution in [0.2, 0.25) is 0 Å². The van der Waals surface area contributed by atoms with Crippen molar-refractivity contribution < 1.29 is 0 Å². The van der Waals surface area contributed by atoms with E-state index >= 15 is 0 Å². The average Bonchev–Trinajstić information content (AvgIpc) is 4.00. The van der Waals surface area contributed by atoms with Crippen LogP contribution in [0.15, 0.2) is 182 Å². The molecule has 4 heterocycles. The van der Waals surface area contributed by atoms with Crippen molar-refractivity contribution in [3.8, 4) is 22.7 Å². The average molecular weight is 795 g/mol. The SMILES string of the molecule is Cc1c(C)n(-c2ccc3c(c2)c2ccccc2n3-c2ccccc2)c2c1ccc1c3ccc4c(C)c(C)n(-c5ccc6c(c5)c5ccccc5n6-c5ccccc5)c4c3ccc12. The third-order valence-corrected chi connectivity index (χ3v) is 14.0. The van der Waals surface area contributed by atoms with Crippen molar-refractivity contribution in [2.75, 3.05) is 0 Å². The summed E-state index contributed by atoms with van der Waals surface area (Å²) in [7, 11) is 0. The molecule has 294 valence electrons. The molecule has 9 aromatic carbocycles. The number of aryl methyl sites for hydroxylation is 2. The zero-order chi connectivity index (χ0) is 41.4. The lowest BCUT2D eigenvalue weighted by molar-refractivity contribution is 1.04. The maximum atomic E-state index is 2.50. The summed E-state index contributed by atoms with van der Waals surface area (Å²) in [5, 5.41) is 12.7. The van der Waals surface area contributed by atoms with Crippen LogP contribution in [0, 0.1) is 27.7 Å². The minimum atomic E-state index is 1.17. The van der Waals surface area contributed by atoms with Gasteiger partial charge >= 0.3 is 0 Å². The van der Waals surface area contributed by atoms with Gasteiger partial charge in [-0.1, -0.05) is 109 Å². The molecule has 0 radical (unpaired) electrons. The fourth-order valence-corrected chi connectivity index (χ4v) is 10.9. The van der Waals surface area contributed by atoms with E-state index in [1.165, 1.54) is 132 Å². The van der Waals surface area contributed by atoms with Gasteiger partial charge in [0.05, 0.1) is 33.1 Å². The van der Waals surface area contributed by atoms with E-state index in [1.807, 2.05) is 0 Å². The van der Waals surface area contributed by atoms with Crippen LogP contribution < -0.4 is 0 Å². The molecule has 13 rings (SSSR count). The quantitative estimate of drug-likeness (QED) is 0.158. The fraction of sp³-hybridized carbons (Fsp3) is 0.0690. The molecule has 4 nitrogen and oxygen atoms in total. The van der Waals surface area contributed by atoms with Crippen molar-refractivity contribution in [2.45, 2.75) is 27.7 Å². The molecular weight excluding hydrogens is 753 g/mol. The third-order valence-electron chi connectivity index (χ3n) is 14.0. The van der Waals surface area contributed by atoms with Crippen molar-refractivity contribution in [3.05, 3.63) is 205 Å². The smallest absolute Gasteiger partial charge is 0.0612 e. The van der Waals surface area contributed by atoms with Crippen LogP contribution >= 0.6 is 0 Å². The summed E-state index contributed by atoms with van der Waals surface area (Å²) in [4.78, 5) is 0. The summed E-state index contributed by atoms with van der Waals surface area (Å²) in [6.45, 7) is 9.10. The van der Waals surface area contributed by atoms with Crippen LogP contribution in [-0.2, 0) is 0 Å². The number of para-hydroxylation sites is 4. The number of rotatable bonds is 4. The van der Waals surface area contributed by atoms with E-state index in [4.69, 9.17) is 0 Å². The van der Waals surface area contributed by atoms with E-state index in [-0.39, 0.29) is 0 Å². The largest absolute Gasteiger partial charge is 0.313 e. The van der Waals surface area contributed by atoms with Gasteiger partial charge in [-0.2, -0.15) is 0 Å². The predicted molar refractivity (Wildman–Crippen MR) is 263 cm³/mol. The number of hydrogen-bond donors (Lipinski definition) is 0. The van der Waals surface area contributed by atoms with Crippen LogP contribution in [0.5, 0.6) is 0 Å². The molecule has 0 unspecified atom stereocenters. The van der Waals surface area contributed by atoms with E-state index in [9.17, 15) is 0 Å². The second-order valence-corrected chi connectivity index (χ2v) is 17.1. The minimum Gasteiger partial charge on any atom is -0.313 e. The second kappa shape index (κ2) is 12.8. The molecular formula is C58H42N4. The molecule has 4 heteroatoms. The van der Waals surface area contributed by atoms with Gasteiger partial charge in [0, 0.05) is 77.2 Å². The summed E-state index contributed by atoms with van der Waals surface area (Å²) < 4.78 is 9.79. The molecule has 0 spiro atoms. The molecule has 0 N–H and O–H groups in total. The Hall–Kier alpha value is -7.82. The van der Waals surface area contributed by atoms with E-state index < -0.39 is 0 Å². The van der Waals surface area contributed by atoms with Gasteiger partial charge < -0.3 is 18.3 Å². The molecule has 0 aliphatic carbocycles. The lowest BCUT2D eigenvalue weighted by atomic mass is 9.97. The molecule has 13 aromatic rings. The van der Waals surface area contributed by atoms with E-state index in [0.717, 1.165) is 0 Å². The first-order valence-corrected chi connectivity index (χ1v) is 21.6. The molecule has 0 fully saturated rings. The zero-order valence-electron chi connectivity index (χ0n) is 35.1. The Balaban J connectivity index is 1.04. The lowest BCUT2D eigenvalue weighted by Crippen LogP contribution is -1.99. The topological polar surface area (TPSA) is 19.7 Å². The van der Waals surface area contributed by atoms with Gasteiger partial charge in [0.2, 0.25) is 0 Å². The number of hydrogen-bond acceptors (Lipinski definition) is 0. The molecule has 0 bridgehead atoms. The lowest BCUT2D eigenvalue weighted by Gasteiger charge is -2.15. The normalized spacial score (nSPS) is 12.2. The standard InChI is InChI=1S/C58H42N4/c1-35-37(3)59(41-23-31-55-51(33-41)47-19-11-13-21-53(47)61(55)39-15-7-5-8-16-39)57-43(35)25-27-45-46-28-26-44-36(2)38(4)60(58(44)50(46)30-29-49(45)57)42-24-32-56-52(34-42)48-20-12-14-22-54(48)62(56)40-17-9-6-10-18-40/h5-34H,1-4H3. The van der Waals surface area contributed by atoms with Crippen molar-refractivity contribution in [2.24, 2.45) is 0 Å². The second-order valence-electron chi connectivity index (χ2n) is 17.1. The van der Waals surface area contributed by atoms with Crippen LogP contribution in [-0.4, -0.2) is 18.3 Å². The van der Waals surface area contributed by atoms with E-state index in [2.05, 4.69) is 228 Å². The van der Waals surface area contributed by atoms with Crippen molar-refractivity contribution in [1.82, 2.24) is 18.3 Å². The molecule has 62 heavy (non-hydrogen) atoms. The monoisotopic (exact) mass is 794 g/mol. The Morgan fingerprint density at radius 2 is 0.597 bits per heavy atom. The van der Waals surface area contributed by atoms with Crippen LogP contribution in [0.25, 0.3) is 110 Å². The van der Waals surface area contributed by atoms with Gasteiger partial charge in [0.25, 0.3) is 0 Å². The summed E-state index contributed by atoms with van der Waals surface area (Å²) >= 11 is 0. The van der Waals surface area contributed by atoms with Crippen molar-refractivity contribution >= 4 is 87.0 Å². The van der Waals surface area contributed by atoms with Gasteiger partial charge in [0.1, 0.15) is 0 Å². The summed E-state index contributed by atoms with van der Waals surface area (Å²) in [5.74, 6) is 0. The zero-order valence-corrected chi connectivity index (χ0v) is 35.1. The highest BCUT2D eigenvalue weighted by molar-refractivity contribution is 6.23. The molecule has 0 amide bonds. The molecule has 0 aliphatic rings. The first-order valence-electron chi connectivity index (χ1n) is 21.6. The molecule has 0 aliphatic heterocycles. The van der Waals surface area contributed by atoms with Crippen molar-refractivity contribution in [3.63, 3.8) is 0 Å². The Morgan fingerprint density at radius 1 is 0.242 bits per heavy atom. The van der Waals surface area contributed by atoms with Crippen LogP contribution in [0.3, 0.4) is 0 Å². The first-order chi connectivity index (χ1) is 30.5. The van der Waals surface area contributed by atoms with Crippen molar-refractivity contribution in [1.29, 1.82) is 0 Å². The molecule has 0 saturated carbocycles. The maximum Gasteiger partial charge on any atom is 0.0612 e. The number of nitrogens with zero attached hydrogens (tertiary/aromatic N) is 4. The van der Waals surface area contributed by atoms with Gasteiger partial charge in [0.15, 0.2) is 0 Å². The van der Waals surface area contributed by atoms with E-state index in [0.29, 0.717) is 0 Å². The highest BCUT2D eigenvalue weighted by atomic mass is 15.0. The Labute approximate surface area is 358 Å². The Kier molecular flexibility index (Phi) is 7.25. The number of fused-ring (bicyclic) bond motifs is 13. The summed E-state index contributed by atoms with van der Waals surface area (Å²) in [6, 6.07) is 67.2. The highest BCUT2D eigenvalue weighted by Crippen LogP contribution is 2.43. The number of benzene rings is 9. The van der Waals surface area contributed by atoms with Gasteiger partial charge in [-0.25, -0.2) is 0 Å². The highest BCUT2D eigenvalue weighted by Gasteiger charge is 2.22. The first kappa shape index (κ1) is 35.0. The molecule has 0 atom stereocenters. The maximum absolute atomic E-state index is 2.50. The van der Waals surface area contributed by atoms with E-state index in [1.54, 1.807) is 0 Å². The van der Waals surface area contributed by atoms with Crippen LogP contribution in [0.4, 0.5) is 0 Å². The Morgan fingerprint density at radius 3 is 1.03 bits per heavy atom. The number of aromatic nitrogens is 4. The summed E-state index contributed by atoms with van der Waals surface area (Å²) in [5.41, 5.74) is 17.2. The third kappa shape index (κ3) is 4.66. The van der Waals surface area contributed by atoms with Gasteiger partial charge in [-0.05, 0) is 122 Å². The fourth-order valence-electron chi connectivity index (χ4n) is 10.9. The molecule has 4 aromatic heterocycles. The van der Waals surface area contributed by atoms with Crippen LogP contribution in [0.1, 0.15) is 22.5 Å². The summed E-state index contributed by atoms with van der Waals surface area (Å²) in [6.07, 6.45) is 0. The van der Waals surface area contributed by atoms with Gasteiger partial charge in [-0.15, -0.1) is 0 Å². The Bertz CT molecular complexity index is 3740.